The Morgan fingerprint density at radius 2 is 1.94 bits per heavy atom. The Morgan fingerprint density at radius 1 is 1.38 bits per heavy atom. The van der Waals surface area contributed by atoms with Gasteiger partial charge in [-0.05, 0) is 24.6 Å². The van der Waals surface area contributed by atoms with Gasteiger partial charge in [-0.25, -0.2) is 13.2 Å². The third-order valence-corrected chi connectivity index (χ3v) is 2.89. The van der Waals surface area contributed by atoms with Crippen LogP contribution in [0.5, 0.6) is 5.75 Å². The van der Waals surface area contributed by atoms with Crippen LogP contribution in [0, 0.1) is 12.7 Å². The maximum atomic E-state index is 13.7. The van der Waals surface area contributed by atoms with Gasteiger partial charge >= 0.3 is 0 Å². The van der Waals surface area contributed by atoms with Crippen LogP contribution >= 0.6 is 0 Å². The number of benzene rings is 1. The molecule has 5 heteroatoms. The Morgan fingerprint density at radius 3 is 2.38 bits per heavy atom. The van der Waals surface area contributed by atoms with Crippen molar-refractivity contribution in [2.24, 2.45) is 5.73 Å². The van der Waals surface area contributed by atoms with E-state index in [9.17, 15) is 13.2 Å². The molecule has 0 bridgehead atoms. The summed E-state index contributed by atoms with van der Waals surface area (Å²) in [6.45, 7) is 1.66. The number of ether oxygens (including phenoxy) is 1. The zero-order chi connectivity index (χ0) is 12.1. The summed E-state index contributed by atoms with van der Waals surface area (Å²) in [6, 6.07) is 2.68. The molecular weight excluding hydrogens is 219 g/mol. The van der Waals surface area contributed by atoms with Crippen LogP contribution in [0.25, 0.3) is 0 Å². The molecule has 0 saturated heterocycles. The van der Waals surface area contributed by atoms with Crippen LogP contribution in [0.2, 0.25) is 0 Å². The summed E-state index contributed by atoms with van der Waals surface area (Å²) in [6.07, 6.45) is -0.545. The predicted octanol–water partition coefficient (Wildman–Crippen LogP) is 2.34. The normalized spacial score (nSPS) is 26.6. The summed E-state index contributed by atoms with van der Waals surface area (Å²) in [7, 11) is 1.31. The van der Waals surface area contributed by atoms with E-state index in [0.717, 1.165) is 0 Å². The molecule has 1 atom stereocenters. The largest absolute Gasteiger partial charge is 0.496 e. The SMILES string of the molecule is COc1cc(C)cc(F)c1C1(N)CC1(F)F. The molecule has 1 saturated carbocycles. The van der Waals surface area contributed by atoms with Crippen molar-refractivity contribution in [1.82, 2.24) is 0 Å². The molecule has 1 fully saturated rings. The standard InChI is InChI=1S/C11H12F3NO/c1-6-3-7(12)9(8(4-6)16-2)10(15)5-11(10,13)14/h3-4H,5,15H2,1-2H3. The minimum absolute atomic E-state index is 0.0807. The molecule has 1 aromatic rings. The molecule has 1 unspecified atom stereocenters. The Hall–Kier alpha value is -1.23. The van der Waals surface area contributed by atoms with Gasteiger partial charge in [-0.1, -0.05) is 0 Å². The zero-order valence-electron chi connectivity index (χ0n) is 8.98. The van der Waals surface area contributed by atoms with Gasteiger partial charge in [-0.2, -0.15) is 0 Å². The number of methoxy groups -OCH3 is 1. The molecule has 88 valence electrons. The molecule has 0 aliphatic heterocycles. The van der Waals surface area contributed by atoms with Gasteiger partial charge in [0.2, 0.25) is 0 Å². The third kappa shape index (κ3) is 1.38. The van der Waals surface area contributed by atoms with Gasteiger partial charge in [0.15, 0.2) is 0 Å². The summed E-state index contributed by atoms with van der Waals surface area (Å²) in [5.74, 6) is -3.72. The molecule has 0 aromatic heterocycles. The summed E-state index contributed by atoms with van der Waals surface area (Å²) in [5.41, 5.74) is 3.95. The van der Waals surface area contributed by atoms with Crippen LogP contribution in [-0.4, -0.2) is 13.0 Å². The van der Waals surface area contributed by atoms with Crippen LogP contribution in [0.15, 0.2) is 12.1 Å². The number of alkyl halides is 2. The van der Waals surface area contributed by atoms with E-state index in [1.54, 1.807) is 6.92 Å². The Labute approximate surface area is 91.2 Å². The van der Waals surface area contributed by atoms with Crippen molar-refractivity contribution >= 4 is 0 Å². The molecular formula is C11H12F3NO. The van der Waals surface area contributed by atoms with Gasteiger partial charge in [-0.3, -0.25) is 0 Å². The Kier molecular flexibility index (Phi) is 2.21. The maximum absolute atomic E-state index is 13.7. The number of aryl methyl sites for hydroxylation is 1. The van der Waals surface area contributed by atoms with Crippen molar-refractivity contribution in [1.29, 1.82) is 0 Å². The first-order valence-electron chi connectivity index (χ1n) is 4.83. The number of hydrogen-bond donors (Lipinski definition) is 1. The second-order valence-electron chi connectivity index (χ2n) is 4.18. The Bertz CT molecular complexity index is 447. The van der Waals surface area contributed by atoms with Crippen molar-refractivity contribution in [2.75, 3.05) is 7.11 Å². The molecule has 0 amide bonds. The molecule has 0 radical (unpaired) electrons. The molecule has 16 heavy (non-hydrogen) atoms. The number of hydrogen-bond acceptors (Lipinski definition) is 2. The number of rotatable bonds is 2. The summed E-state index contributed by atoms with van der Waals surface area (Å²) in [4.78, 5) is 0. The maximum Gasteiger partial charge on any atom is 0.272 e. The summed E-state index contributed by atoms with van der Waals surface area (Å²) >= 11 is 0. The smallest absolute Gasteiger partial charge is 0.272 e. The van der Waals surface area contributed by atoms with Crippen LogP contribution in [0.3, 0.4) is 0 Å². The highest BCUT2D eigenvalue weighted by Gasteiger charge is 2.71. The second-order valence-corrected chi connectivity index (χ2v) is 4.18. The van der Waals surface area contributed by atoms with E-state index >= 15 is 0 Å². The summed E-state index contributed by atoms with van der Waals surface area (Å²) < 4.78 is 44.8. The van der Waals surface area contributed by atoms with Gasteiger partial charge < -0.3 is 10.5 Å². The number of nitrogens with two attached hydrogens (primary N) is 1. The zero-order valence-corrected chi connectivity index (χ0v) is 8.98. The fourth-order valence-electron chi connectivity index (χ4n) is 1.88. The van der Waals surface area contributed by atoms with Gasteiger partial charge in [0, 0.05) is 6.42 Å². The molecule has 2 rings (SSSR count). The van der Waals surface area contributed by atoms with Crippen LogP contribution < -0.4 is 10.5 Å². The molecule has 1 aromatic carbocycles. The van der Waals surface area contributed by atoms with E-state index in [1.165, 1.54) is 19.2 Å². The average molecular weight is 231 g/mol. The van der Waals surface area contributed by atoms with E-state index in [1.807, 2.05) is 0 Å². The van der Waals surface area contributed by atoms with Gasteiger partial charge in [0.25, 0.3) is 5.92 Å². The minimum Gasteiger partial charge on any atom is -0.496 e. The van der Waals surface area contributed by atoms with Crippen molar-refractivity contribution < 1.29 is 17.9 Å². The Balaban J connectivity index is 2.57. The van der Waals surface area contributed by atoms with E-state index in [-0.39, 0.29) is 11.3 Å². The number of halogens is 3. The van der Waals surface area contributed by atoms with E-state index in [0.29, 0.717) is 5.56 Å². The third-order valence-electron chi connectivity index (χ3n) is 2.89. The lowest BCUT2D eigenvalue weighted by atomic mass is 10.0. The summed E-state index contributed by atoms with van der Waals surface area (Å²) in [5, 5.41) is 0. The van der Waals surface area contributed by atoms with E-state index in [2.05, 4.69) is 0 Å². The molecule has 2 nitrogen and oxygen atoms in total. The molecule has 0 heterocycles. The topological polar surface area (TPSA) is 35.2 Å². The van der Waals surface area contributed by atoms with Gasteiger partial charge in [-0.15, -0.1) is 0 Å². The lowest BCUT2D eigenvalue weighted by molar-refractivity contribution is 0.0873. The van der Waals surface area contributed by atoms with Crippen LogP contribution in [-0.2, 0) is 5.54 Å². The van der Waals surface area contributed by atoms with Gasteiger partial charge in [0.05, 0.1) is 12.7 Å². The first-order valence-corrected chi connectivity index (χ1v) is 4.83. The molecule has 2 N–H and O–H groups in total. The van der Waals surface area contributed by atoms with Crippen molar-refractivity contribution in [3.63, 3.8) is 0 Å². The highest BCUT2D eigenvalue weighted by atomic mass is 19.3. The molecule has 1 aliphatic rings. The monoisotopic (exact) mass is 231 g/mol. The molecule has 1 aliphatic carbocycles. The average Bonchev–Trinajstić information content (AvgIpc) is 2.64. The first kappa shape index (κ1) is 11.3. The fourth-order valence-corrected chi connectivity index (χ4v) is 1.88. The fraction of sp³-hybridized carbons (Fsp3) is 0.455. The van der Waals surface area contributed by atoms with Crippen molar-refractivity contribution in [3.8, 4) is 5.75 Å². The lowest BCUT2D eigenvalue weighted by Crippen LogP contribution is -2.29. The highest BCUT2D eigenvalue weighted by molar-refractivity contribution is 5.48. The van der Waals surface area contributed by atoms with Gasteiger partial charge in [0.1, 0.15) is 17.1 Å². The van der Waals surface area contributed by atoms with Crippen molar-refractivity contribution in [2.45, 2.75) is 24.8 Å². The lowest BCUT2D eigenvalue weighted by Gasteiger charge is -2.16. The quantitative estimate of drug-likeness (QED) is 0.847. The van der Waals surface area contributed by atoms with Crippen LogP contribution in [0.4, 0.5) is 13.2 Å². The highest BCUT2D eigenvalue weighted by Crippen LogP contribution is 2.59. The first-order chi connectivity index (χ1) is 7.32. The van der Waals surface area contributed by atoms with Crippen LogP contribution in [0.1, 0.15) is 17.5 Å². The predicted molar refractivity (Wildman–Crippen MR) is 53.1 cm³/mol. The second kappa shape index (κ2) is 3.13. The van der Waals surface area contributed by atoms with E-state index < -0.39 is 23.7 Å². The minimum atomic E-state index is -3.06. The van der Waals surface area contributed by atoms with Crippen molar-refractivity contribution in [3.05, 3.63) is 29.1 Å². The van der Waals surface area contributed by atoms with E-state index in [4.69, 9.17) is 10.5 Å². The molecule has 0 spiro atoms.